The number of imide groups is 1. The lowest BCUT2D eigenvalue weighted by molar-refractivity contribution is -0.120. The predicted molar refractivity (Wildman–Crippen MR) is 134 cm³/mol. The van der Waals surface area contributed by atoms with Crippen LogP contribution in [0, 0.1) is 20.8 Å². The van der Waals surface area contributed by atoms with Crippen molar-refractivity contribution >= 4 is 46.6 Å². The number of ether oxygens (including phenoxy) is 1. The summed E-state index contributed by atoms with van der Waals surface area (Å²) < 4.78 is 5.41. The normalized spacial score (nSPS) is 13.7. The summed E-state index contributed by atoms with van der Waals surface area (Å²) in [7, 11) is 1.49. The number of nitrogens with zero attached hydrogens (tertiary/aromatic N) is 1. The van der Waals surface area contributed by atoms with Crippen LogP contribution in [0.4, 0.5) is 11.4 Å². The molecule has 1 heterocycles. The fraction of sp³-hybridized carbons (Fsp3) is 0.154. The molecule has 1 aliphatic heterocycles. The highest BCUT2D eigenvalue weighted by atomic mass is 35.5. The van der Waals surface area contributed by atoms with Crippen LogP contribution >= 0.6 is 23.4 Å². The molecule has 0 aliphatic carbocycles. The molecule has 0 radical (unpaired) electrons. The van der Waals surface area contributed by atoms with Gasteiger partial charge in [-0.3, -0.25) is 9.59 Å². The molecule has 33 heavy (non-hydrogen) atoms. The summed E-state index contributed by atoms with van der Waals surface area (Å²) in [5, 5.41) is 3.62. The summed E-state index contributed by atoms with van der Waals surface area (Å²) in [4.78, 5) is 29.5. The first-order valence-corrected chi connectivity index (χ1v) is 11.5. The molecule has 168 valence electrons. The molecule has 0 saturated heterocycles. The molecule has 4 rings (SSSR count). The quantitative estimate of drug-likeness (QED) is 0.423. The van der Waals surface area contributed by atoms with Crippen molar-refractivity contribution in [2.75, 3.05) is 17.3 Å². The minimum Gasteiger partial charge on any atom is -0.495 e. The van der Waals surface area contributed by atoms with E-state index in [-0.39, 0.29) is 5.70 Å². The van der Waals surface area contributed by atoms with E-state index in [1.54, 1.807) is 18.2 Å². The Morgan fingerprint density at radius 2 is 1.58 bits per heavy atom. The van der Waals surface area contributed by atoms with Gasteiger partial charge in [0.15, 0.2) is 0 Å². The summed E-state index contributed by atoms with van der Waals surface area (Å²) in [5.74, 6) is -0.512. The first-order valence-electron chi connectivity index (χ1n) is 10.3. The summed E-state index contributed by atoms with van der Waals surface area (Å²) in [5.41, 5.74) is 4.49. The lowest BCUT2D eigenvalue weighted by Gasteiger charge is -2.18. The predicted octanol–water partition coefficient (Wildman–Crippen LogP) is 6.26. The van der Waals surface area contributed by atoms with E-state index in [0.29, 0.717) is 21.4 Å². The Bertz CT molecular complexity index is 1290. The van der Waals surface area contributed by atoms with Gasteiger partial charge in [0.05, 0.1) is 12.8 Å². The maximum atomic E-state index is 13.6. The van der Waals surface area contributed by atoms with Crippen LogP contribution in [-0.4, -0.2) is 18.9 Å². The third-order valence-corrected chi connectivity index (χ3v) is 6.63. The standard InChI is InChI=1S/C26H23ClN2O3S/c1-15-5-9-19(10-6-15)33-24-23(28-20-11-7-16(2)13-17(20)3)25(30)29(26(24)31)21-14-18(27)8-12-22(21)32-4/h5-14,28H,1-4H3. The van der Waals surface area contributed by atoms with Crippen molar-refractivity contribution in [2.45, 2.75) is 25.7 Å². The molecule has 0 atom stereocenters. The minimum atomic E-state index is -0.463. The Balaban J connectivity index is 1.80. The number of aryl methyl sites for hydroxylation is 3. The number of carbonyl (C=O) groups is 2. The molecule has 3 aromatic carbocycles. The smallest absolute Gasteiger partial charge is 0.283 e. The van der Waals surface area contributed by atoms with Crippen molar-refractivity contribution in [1.29, 1.82) is 0 Å². The average molecular weight is 479 g/mol. The van der Waals surface area contributed by atoms with E-state index in [1.165, 1.54) is 18.9 Å². The minimum absolute atomic E-state index is 0.222. The van der Waals surface area contributed by atoms with E-state index in [0.717, 1.165) is 32.2 Å². The number of thioether (sulfide) groups is 1. The molecule has 3 aromatic rings. The van der Waals surface area contributed by atoms with Crippen LogP contribution in [0.2, 0.25) is 5.02 Å². The summed E-state index contributed by atoms with van der Waals surface area (Å²) in [6, 6.07) is 18.6. The third kappa shape index (κ3) is 4.63. The number of amides is 2. The summed E-state index contributed by atoms with van der Waals surface area (Å²) in [6.07, 6.45) is 0. The monoisotopic (exact) mass is 478 g/mol. The molecule has 7 heteroatoms. The van der Waals surface area contributed by atoms with Crippen LogP contribution < -0.4 is 15.0 Å². The molecule has 0 spiro atoms. The molecule has 5 nitrogen and oxygen atoms in total. The number of carbonyl (C=O) groups excluding carboxylic acids is 2. The second kappa shape index (κ2) is 9.33. The second-order valence-corrected chi connectivity index (χ2v) is 9.34. The van der Waals surface area contributed by atoms with Gasteiger partial charge >= 0.3 is 0 Å². The Hall–Kier alpha value is -3.22. The van der Waals surface area contributed by atoms with Gasteiger partial charge in [0, 0.05) is 15.6 Å². The first-order chi connectivity index (χ1) is 15.8. The Kier molecular flexibility index (Phi) is 6.49. The van der Waals surface area contributed by atoms with E-state index < -0.39 is 11.8 Å². The molecule has 0 fully saturated rings. The summed E-state index contributed by atoms with van der Waals surface area (Å²) >= 11 is 7.45. The first kappa shape index (κ1) is 23.0. The van der Waals surface area contributed by atoms with Crippen LogP contribution in [0.25, 0.3) is 0 Å². The summed E-state index contributed by atoms with van der Waals surface area (Å²) in [6.45, 7) is 5.96. The van der Waals surface area contributed by atoms with Crippen molar-refractivity contribution in [3.8, 4) is 5.75 Å². The van der Waals surface area contributed by atoms with Gasteiger partial charge in [-0.1, -0.05) is 58.8 Å². The number of halogens is 1. The molecular formula is C26H23ClN2O3S. The second-order valence-electron chi connectivity index (χ2n) is 7.82. The van der Waals surface area contributed by atoms with Gasteiger partial charge in [-0.15, -0.1) is 0 Å². The van der Waals surface area contributed by atoms with Gasteiger partial charge in [-0.25, -0.2) is 4.90 Å². The fourth-order valence-electron chi connectivity index (χ4n) is 3.58. The SMILES string of the molecule is COc1ccc(Cl)cc1N1C(=O)C(Nc2ccc(C)cc2C)=C(Sc2ccc(C)cc2)C1=O. The van der Waals surface area contributed by atoms with Crippen LogP contribution in [0.1, 0.15) is 16.7 Å². The lowest BCUT2D eigenvalue weighted by Crippen LogP contribution is -2.32. The molecule has 0 bridgehead atoms. The number of benzene rings is 3. The van der Waals surface area contributed by atoms with Crippen LogP contribution in [0.15, 0.2) is 76.2 Å². The molecule has 0 saturated carbocycles. The Labute approximate surface area is 202 Å². The zero-order valence-corrected chi connectivity index (χ0v) is 20.3. The molecule has 1 N–H and O–H groups in total. The number of nitrogens with one attached hydrogen (secondary N) is 1. The van der Waals surface area contributed by atoms with Gasteiger partial charge < -0.3 is 10.1 Å². The molecular weight excluding hydrogens is 456 g/mol. The number of anilines is 2. The maximum Gasteiger partial charge on any atom is 0.283 e. The highest BCUT2D eigenvalue weighted by Crippen LogP contribution is 2.41. The lowest BCUT2D eigenvalue weighted by atomic mass is 10.1. The number of hydrogen-bond donors (Lipinski definition) is 1. The van der Waals surface area contributed by atoms with Crippen molar-refractivity contribution in [2.24, 2.45) is 0 Å². The van der Waals surface area contributed by atoms with Crippen LogP contribution in [-0.2, 0) is 9.59 Å². The Morgan fingerprint density at radius 1 is 0.879 bits per heavy atom. The highest BCUT2D eigenvalue weighted by Gasteiger charge is 2.41. The van der Waals surface area contributed by atoms with Crippen molar-refractivity contribution in [3.63, 3.8) is 0 Å². The molecule has 0 unspecified atom stereocenters. The van der Waals surface area contributed by atoms with Crippen molar-refractivity contribution in [1.82, 2.24) is 0 Å². The maximum absolute atomic E-state index is 13.6. The number of hydrogen-bond acceptors (Lipinski definition) is 5. The molecule has 2 amide bonds. The van der Waals surface area contributed by atoms with E-state index in [1.807, 2.05) is 63.2 Å². The Morgan fingerprint density at radius 3 is 2.24 bits per heavy atom. The van der Waals surface area contributed by atoms with Gasteiger partial charge in [-0.05, 0) is 62.7 Å². The van der Waals surface area contributed by atoms with Crippen LogP contribution in [0.5, 0.6) is 5.75 Å². The van der Waals surface area contributed by atoms with E-state index in [4.69, 9.17) is 16.3 Å². The van der Waals surface area contributed by atoms with Gasteiger partial charge in [0.25, 0.3) is 11.8 Å². The number of rotatable bonds is 6. The molecule has 0 aromatic heterocycles. The third-order valence-electron chi connectivity index (χ3n) is 5.31. The number of methoxy groups -OCH3 is 1. The van der Waals surface area contributed by atoms with Gasteiger partial charge in [0.2, 0.25) is 0 Å². The topological polar surface area (TPSA) is 58.6 Å². The fourth-order valence-corrected chi connectivity index (χ4v) is 4.68. The van der Waals surface area contributed by atoms with E-state index in [2.05, 4.69) is 5.32 Å². The van der Waals surface area contributed by atoms with E-state index >= 15 is 0 Å². The molecule has 1 aliphatic rings. The van der Waals surface area contributed by atoms with Crippen LogP contribution in [0.3, 0.4) is 0 Å². The zero-order valence-electron chi connectivity index (χ0n) is 18.7. The van der Waals surface area contributed by atoms with Crippen molar-refractivity contribution < 1.29 is 14.3 Å². The van der Waals surface area contributed by atoms with Gasteiger partial charge in [-0.2, -0.15) is 0 Å². The zero-order chi connectivity index (χ0) is 23.7. The van der Waals surface area contributed by atoms with E-state index in [9.17, 15) is 9.59 Å². The highest BCUT2D eigenvalue weighted by molar-refractivity contribution is 8.04. The average Bonchev–Trinajstić information content (AvgIpc) is 3.00. The largest absolute Gasteiger partial charge is 0.495 e. The van der Waals surface area contributed by atoms with Gasteiger partial charge in [0.1, 0.15) is 16.4 Å². The van der Waals surface area contributed by atoms with Crippen molar-refractivity contribution in [3.05, 3.63) is 93.0 Å².